The molecule has 110 valence electrons. The van der Waals surface area contributed by atoms with E-state index in [1.807, 2.05) is 24.0 Å². The topological polar surface area (TPSA) is 42.7 Å². The molecule has 0 amide bonds. The molecule has 0 aliphatic heterocycles. The minimum Gasteiger partial charge on any atom is -0.308 e. The Morgan fingerprint density at radius 1 is 1.33 bits per heavy atom. The fourth-order valence-corrected chi connectivity index (χ4v) is 3.03. The third-order valence-corrected chi connectivity index (χ3v) is 4.14. The number of pyridine rings is 1. The first-order valence-electron chi connectivity index (χ1n) is 7.03. The largest absolute Gasteiger partial charge is 0.308 e. The Bertz CT molecular complexity index is 764. The number of aromatic nitrogens is 3. The molecule has 0 atom stereocenters. The first-order valence-corrected chi connectivity index (χ1v) is 7.91. The first kappa shape index (κ1) is 14.2. The van der Waals surface area contributed by atoms with E-state index in [2.05, 4.69) is 53.8 Å². The molecule has 3 aromatic heterocycles. The molecule has 0 aliphatic carbocycles. The van der Waals surface area contributed by atoms with Crippen molar-refractivity contribution in [3.05, 3.63) is 35.5 Å². The lowest BCUT2D eigenvalue weighted by molar-refractivity contribution is 0.424. The van der Waals surface area contributed by atoms with Gasteiger partial charge in [0.2, 0.25) is 0 Å². The van der Waals surface area contributed by atoms with E-state index in [0.717, 1.165) is 23.3 Å². The molecule has 0 fully saturated rings. The number of nitrogens with one attached hydrogen (secondary N) is 1. The molecule has 3 rings (SSSR count). The van der Waals surface area contributed by atoms with E-state index < -0.39 is 0 Å². The highest BCUT2D eigenvalue weighted by molar-refractivity contribution is 7.17. The van der Waals surface area contributed by atoms with Gasteiger partial charge in [-0.1, -0.05) is 0 Å². The Labute approximate surface area is 128 Å². The Morgan fingerprint density at radius 2 is 2.14 bits per heavy atom. The van der Waals surface area contributed by atoms with Crippen LogP contribution in [0.1, 0.15) is 26.3 Å². The number of fused-ring (bicyclic) bond motifs is 1. The van der Waals surface area contributed by atoms with E-state index in [-0.39, 0.29) is 5.54 Å². The molecule has 0 radical (unpaired) electrons. The van der Waals surface area contributed by atoms with Crippen LogP contribution in [0.25, 0.3) is 21.5 Å². The van der Waals surface area contributed by atoms with Crippen LogP contribution in [0.5, 0.6) is 0 Å². The van der Waals surface area contributed by atoms with Crippen LogP contribution >= 0.6 is 11.3 Å². The van der Waals surface area contributed by atoms with Crippen LogP contribution in [0, 0.1) is 0 Å². The average Bonchev–Trinajstić information content (AvgIpc) is 3.00. The van der Waals surface area contributed by atoms with E-state index in [9.17, 15) is 0 Å². The zero-order valence-corrected chi connectivity index (χ0v) is 13.7. The van der Waals surface area contributed by atoms with E-state index in [0.29, 0.717) is 0 Å². The van der Waals surface area contributed by atoms with Crippen LogP contribution in [-0.2, 0) is 13.6 Å². The third kappa shape index (κ3) is 3.14. The summed E-state index contributed by atoms with van der Waals surface area (Å²) >= 11 is 1.71. The predicted octanol–water partition coefficient (Wildman–Crippen LogP) is 3.58. The van der Waals surface area contributed by atoms with E-state index in [1.54, 1.807) is 11.3 Å². The molecule has 0 bridgehead atoms. The van der Waals surface area contributed by atoms with Crippen molar-refractivity contribution in [2.45, 2.75) is 32.9 Å². The summed E-state index contributed by atoms with van der Waals surface area (Å²) in [5.74, 6) is 0. The van der Waals surface area contributed by atoms with Gasteiger partial charge in [-0.15, -0.1) is 11.3 Å². The van der Waals surface area contributed by atoms with Crippen LogP contribution in [0.2, 0.25) is 0 Å². The van der Waals surface area contributed by atoms with E-state index in [1.165, 1.54) is 10.3 Å². The molecule has 0 spiro atoms. The smallest absolute Gasteiger partial charge is 0.0983 e. The van der Waals surface area contributed by atoms with Gasteiger partial charge in [-0.3, -0.25) is 9.67 Å². The van der Waals surface area contributed by atoms with Gasteiger partial charge in [0, 0.05) is 42.7 Å². The molecule has 1 N–H and O–H groups in total. The van der Waals surface area contributed by atoms with Gasteiger partial charge in [-0.05, 0) is 38.3 Å². The maximum absolute atomic E-state index is 4.61. The maximum Gasteiger partial charge on any atom is 0.0983 e. The van der Waals surface area contributed by atoms with E-state index in [4.69, 9.17) is 0 Å². The number of thiophene rings is 1. The molecular formula is C16H20N4S. The molecule has 0 saturated carbocycles. The maximum atomic E-state index is 4.61. The van der Waals surface area contributed by atoms with Crippen LogP contribution in [-0.4, -0.2) is 20.3 Å². The minimum absolute atomic E-state index is 0.0864. The highest BCUT2D eigenvalue weighted by Crippen LogP contribution is 2.27. The lowest BCUT2D eigenvalue weighted by Crippen LogP contribution is -2.35. The lowest BCUT2D eigenvalue weighted by atomic mass is 10.1. The molecule has 4 nitrogen and oxygen atoms in total. The van der Waals surface area contributed by atoms with Crippen molar-refractivity contribution < 1.29 is 0 Å². The predicted molar refractivity (Wildman–Crippen MR) is 88.4 cm³/mol. The van der Waals surface area contributed by atoms with Crippen molar-refractivity contribution in [3.8, 4) is 11.3 Å². The quantitative estimate of drug-likeness (QED) is 0.804. The number of aryl methyl sites for hydroxylation is 1. The van der Waals surface area contributed by atoms with Crippen molar-refractivity contribution in [2.75, 3.05) is 0 Å². The summed E-state index contributed by atoms with van der Waals surface area (Å²) in [6.45, 7) is 7.31. The summed E-state index contributed by atoms with van der Waals surface area (Å²) in [5.41, 5.74) is 4.43. The third-order valence-electron chi connectivity index (χ3n) is 3.29. The molecule has 21 heavy (non-hydrogen) atoms. The molecule has 0 unspecified atom stereocenters. The molecule has 0 aromatic carbocycles. The van der Waals surface area contributed by atoms with Crippen molar-refractivity contribution in [3.63, 3.8) is 0 Å². The van der Waals surface area contributed by atoms with Gasteiger partial charge in [-0.2, -0.15) is 5.10 Å². The lowest BCUT2D eigenvalue weighted by Gasteiger charge is -2.20. The number of hydrogen-bond acceptors (Lipinski definition) is 4. The standard InChI is InChI=1S/C16H20N4S/c1-16(2,3)18-9-12-10-20(4)19-15(12)11-7-14-13(17-8-11)5-6-21-14/h5-8,10,18H,9H2,1-4H3. The summed E-state index contributed by atoms with van der Waals surface area (Å²) in [7, 11) is 1.96. The molecule has 3 aromatic rings. The minimum atomic E-state index is 0.0864. The highest BCUT2D eigenvalue weighted by atomic mass is 32.1. The zero-order chi connectivity index (χ0) is 15.0. The number of rotatable bonds is 3. The second kappa shape index (κ2) is 5.24. The van der Waals surface area contributed by atoms with Crippen molar-refractivity contribution >= 4 is 21.6 Å². The molecule has 3 heterocycles. The van der Waals surface area contributed by atoms with E-state index >= 15 is 0 Å². The summed E-state index contributed by atoms with van der Waals surface area (Å²) < 4.78 is 3.07. The highest BCUT2D eigenvalue weighted by Gasteiger charge is 2.15. The SMILES string of the molecule is Cn1cc(CNC(C)(C)C)c(-c2cnc3ccsc3c2)n1. The van der Waals surface area contributed by atoms with Crippen molar-refractivity contribution in [1.82, 2.24) is 20.1 Å². The Morgan fingerprint density at radius 3 is 2.90 bits per heavy atom. The van der Waals surface area contributed by atoms with Gasteiger partial charge in [0.05, 0.1) is 15.9 Å². The van der Waals surface area contributed by atoms with Crippen molar-refractivity contribution in [1.29, 1.82) is 0 Å². The normalized spacial score (nSPS) is 12.2. The van der Waals surface area contributed by atoms with Gasteiger partial charge < -0.3 is 5.32 Å². The summed E-state index contributed by atoms with van der Waals surface area (Å²) in [5, 5.41) is 10.2. The van der Waals surface area contributed by atoms with Crippen LogP contribution < -0.4 is 5.32 Å². The fourth-order valence-electron chi connectivity index (χ4n) is 2.25. The molecule has 5 heteroatoms. The molecule has 0 aliphatic rings. The summed E-state index contributed by atoms with van der Waals surface area (Å²) in [4.78, 5) is 4.52. The van der Waals surface area contributed by atoms with Crippen LogP contribution in [0.4, 0.5) is 0 Å². The second-order valence-electron chi connectivity index (χ2n) is 6.31. The molecular weight excluding hydrogens is 280 g/mol. The average molecular weight is 300 g/mol. The Hall–Kier alpha value is -1.72. The van der Waals surface area contributed by atoms with Crippen LogP contribution in [0.3, 0.4) is 0 Å². The fraction of sp³-hybridized carbons (Fsp3) is 0.375. The monoisotopic (exact) mass is 300 g/mol. The Kier molecular flexibility index (Phi) is 3.55. The zero-order valence-electron chi connectivity index (χ0n) is 12.8. The number of nitrogens with zero attached hydrogens (tertiary/aromatic N) is 3. The van der Waals surface area contributed by atoms with Crippen molar-refractivity contribution in [2.24, 2.45) is 7.05 Å². The second-order valence-corrected chi connectivity index (χ2v) is 7.26. The van der Waals surface area contributed by atoms with Gasteiger partial charge >= 0.3 is 0 Å². The summed E-state index contributed by atoms with van der Waals surface area (Å²) in [6.07, 6.45) is 3.99. The Balaban J connectivity index is 1.97. The van der Waals surface area contributed by atoms with Gasteiger partial charge in [0.1, 0.15) is 0 Å². The van der Waals surface area contributed by atoms with Gasteiger partial charge in [0.15, 0.2) is 0 Å². The van der Waals surface area contributed by atoms with Gasteiger partial charge in [0.25, 0.3) is 0 Å². The molecule has 0 saturated heterocycles. The first-order chi connectivity index (χ1) is 9.92. The summed E-state index contributed by atoms with van der Waals surface area (Å²) in [6, 6.07) is 4.22. The number of hydrogen-bond donors (Lipinski definition) is 1. The van der Waals surface area contributed by atoms with Crippen LogP contribution in [0.15, 0.2) is 29.9 Å². The van der Waals surface area contributed by atoms with Gasteiger partial charge in [-0.25, -0.2) is 0 Å².